The van der Waals surface area contributed by atoms with Crippen LogP contribution in [0.5, 0.6) is 0 Å². The van der Waals surface area contributed by atoms with Crippen LogP contribution in [0.4, 0.5) is 11.4 Å². The van der Waals surface area contributed by atoms with E-state index in [0.29, 0.717) is 36.3 Å². The first-order valence-electron chi connectivity index (χ1n) is 17.1. The molecule has 0 aliphatic carbocycles. The number of fused-ring (bicyclic) bond motifs is 2. The Labute approximate surface area is 291 Å². The molecule has 9 nitrogen and oxygen atoms in total. The van der Waals surface area contributed by atoms with Gasteiger partial charge >= 0.3 is 0 Å². The summed E-state index contributed by atoms with van der Waals surface area (Å²) in [5.41, 5.74) is 4.23. The fraction of sp³-hybridized carbons (Fsp3) is 0.268. The number of hydrazone groups is 1. The van der Waals surface area contributed by atoms with Gasteiger partial charge in [-0.25, -0.2) is 5.01 Å². The van der Waals surface area contributed by atoms with Crippen LogP contribution in [0.15, 0.2) is 120 Å². The van der Waals surface area contributed by atoms with Crippen molar-refractivity contribution in [3.8, 4) is 0 Å². The predicted octanol–water partition coefficient (Wildman–Crippen LogP) is 5.48. The van der Waals surface area contributed by atoms with Crippen molar-refractivity contribution in [1.82, 2.24) is 4.90 Å². The SMILES string of the molecule is C[C@H](/C=C/CC(=O)N1Cc2ccccc2C[C@H]1CO)[C@@]1(O)C(=O)N(Cc2ccccc2)c2ccc(N3N=C(c4ccccc4)CCC3=O)cc21. The van der Waals surface area contributed by atoms with Gasteiger partial charge in [0.2, 0.25) is 11.8 Å². The molecule has 0 aromatic heterocycles. The lowest BCUT2D eigenvalue weighted by atomic mass is 9.82. The van der Waals surface area contributed by atoms with Crippen molar-refractivity contribution in [2.45, 2.75) is 57.3 Å². The van der Waals surface area contributed by atoms with Crippen LogP contribution in [0, 0.1) is 5.92 Å². The quantitative estimate of drug-likeness (QED) is 0.230. The van der Waals surface area contributed by atoms with Crippen LogP contribution >= 0.6 is 0 Å². The van der Waals surface area contributed by atoms with Crippen LogP contribution in [-0.4, -0.2) is 51.2 Å². The first kappa shape index (κ1) is 33.1. The molecular formula is C41H40N4O5. The van der Waals surface area contributed by atoms with E-state index < -0.39 is 17.4 Å². The van der Waals surface area contributed by atoms with Gasteiger partial charge in [0, 0.05) is 37.3 Å². The molecule has 0 bridgehead atoms. The van der Waals surface area contributed by atoms with Crippen molar-refractivity contribution in [3.05, 3.63) is 143 Å². The molecule has 3 atom stereocenters. The maximum atomic E-state index is 14.3. The Morgan fingerprint density at radius 1 is 0.940 bits per heavy atom. The highest BCUT2D eigenvalue weighted by Crippen LogP contribution is 2.47. The van der Waals surface area contributed by atoms with E-state index in [2.05, 4.69) is 0 Å². The number of carbonyl (C=O) groups excluding carboxylic acids is 3. The molecular weight excluding hydrogens is 628 g/mol. The number of carbonyl (C=O) groups is 3. The Hall–Kier alpha value is -5.38. The molecule has 9 heteroatoms. The number of aliphatic hydroxyl groups excluding tert-OH is 1. The third kappa shape index (κ3) is 6.14. The van der Waals surface area contributed by atoms with Crippen LogP contribution in [0.1, 0.15) is 54.0 Å². The maximum absolute atomic E-state index is 14.3. The molecule has 0 fully saturated rings. The van der Waals surface area contributed by atoms with Crippen molar-refractivity contribution in [2.24, 2.45) is 11.0 Å². The van der Waals surface area contributed by atoms with E-state index in [1.807, 2.05) is 84.9 Å². The third-order valence-electron chi connectivity index (χ3n) is 10.1. The molecule has 0 radical (unpaired) electrons. The fourth-order valence-corrected chi connectivity index (χ4v) is 7.25. The zero-order valence-electron chi connectivity index (χ0n) is 28.0. The molecule has 3 aliphatic rings. The number of nitrogens with zero attached hydrogens (tertiary/aromatic N) is 4. The Bertz CT molecular complexity index is 1980. The lowest BCUT2D eigenvalue weighted by molar-refractivity contribution is -0.139. The number of benzene rings is 4. The van der Waals surface area contributed by atoms with Gasteiger partial charge in [-0.3, -0.25) is 14.4 Å². The highest BCUT2D eigenvalue weighted by molar-refractivity contribution is 6.10. The van der Waals surface area contributed by atoms with Crippen molar-refractivity contribution < 1.29 is 24.6 Å². The summed E-state index contributed by atoms with van der Waals surface area (Å²) in [6.45, 7) is 2.29. The van der Waals surface area contributed by atoms with E-state index >= 15 is 0 Å². The number of aliphatic hydroxyl groups is 2. The van der Waals surface area contributed by atoms with Crippen molar-refractivity contribution in [2.75, 3.05) is 16.5 Å². The predicted molar refractivity (Wildman–Crippen MR) is 192 cm³/mol. The Morgan fingerprint density at radius 2 is 1.64 bits per heavy atom. The number of hydrogen-bond donors (Lipinski definition) is 2. The summed E-state index contributed by atoms with van der Waals surface area (Å²) in [4.78, 5) is 44.2. The smallest absolute Gasteiger partial charge is 0.264 e. The zero-order valence-corrected chi connectivity index (χ0v) is 28.0. The zero-order chi connectivity index (χ0) is 34.8. The molecule has 0 saturated heterocycles. The molecule has 3 aliphatic heterocycles. The number of amides is 3. The molecule has 50 heavy (non-hydrogen) atoms. The molecule has 0 unspecified atom stereocenters. The number of anilines is 2. The van der Waals surface area contributed by atoms with Crippen molar-refractivity contribution in [3.63, 3.8) is 0 Å². The number of rotatable bonds is 9. The van der Waals surface area contributed by atoms with Crippen molar-refractivity contribution in [1.29, 1.82) is 0 Å². The molecule has 7 rings (SSSR count). The topological polar surface area (TPSA) is 114 Å². The maximum Gasteiger partial charge on any atom is 0.264 e. The van der Waals surface area contributed by atoms with Gasteiger partial charge in [-0.05, 0) is 46.9 Å². The van der Waals surface area contributed by atoms with Crippen LogP contribution in [-0.2, 0) is 39.5 Å². The second-order valence-electron chi connectivity index (χ2n) is 13.2. The fourth-order valence-electron chi connectivity index (χ4n) is 7.25. The van der Waals surface area contributed by atoms with E-state index in [4.69, 9.17) is 5.10 Å². The largest absolute Gasteiger partial charge is 0.394 e. The Kier molecular flexibility index (Phi) is 9.18. The summed E-state index contributed by atoms with van der Waals surface area (Å²) in [5.74, 6) is -1.53. The summed E-state index contributed by atoms with van der Waals surface area (Å²) in [7, 11) is 0. The third-order valence-corrected chi connectivity index (χ3v) is 10.1. The lowest BCUT2D eigenvalue weighted by Gasteiger charge is -2.36. The van der Waals surface area contributed by atoms with E-state index in [1.54, 1.807) is 47.1 Å². The monoisotopic (exact) mass is 668 g/mol. The minimum Gasteiger partial charge on any atom is -0.394 e. The van der Waals surface area contributed by atoms with E-state index in [9.17, 15) is 24.6 Å². The minimum absolute atomic E-state index is 0.0488. The van der Waals surface area contributed by atoms with Gasteiger partial charge in [-0.1, -0.05) is 104 Å². The van der Waals surface area contributed by atoms with Gasteiger partial charge < -0.3 is 20.0 Å². The Morgan fingerprint density at radius 3 is 2.38 bits per heavy atom. The van der Waals surface area contributed by atoms with Crippen LogP contribution in [0.2, 0.25) is 0 Å². The summed E-state index contributed by atoms with van der Waals surface area (Å²) < 4.78 is 0. The normalized spacial score (nSPS) is 20.9. The van der Waals surface area contributed by atoms with E-state index in [-0.39, 0.29) is 43.8 Å². The highest BCUT2D eigenvalue weighted by Gasteiger charge is 2.53. The molecule has 3 amide bonds. The molecule has 3 heterocycles. The first-order chi connectivity index (χ1) is 24.3. The molecule has 254 valence electrons. The van der Waals surface area contributed by atoms with Gasteiger partial charge in [0.1, 0.15) is 0 Å². The summed E-state index contributed by atoms with van der Waals surface area (Å²) in [6.07, 6.45) is 4.83. The van der Waals surface area contributed by atoms with Gasteiger partial charge in [-0.2, -0.15) is 5.10 Å². The average molecular weight is 669 g/mol. The van der Waals surface area contributed by atoms with Gasteiger partial charge in [-0.15, -0.1) is 0 Å². The molecule has 4 aromatic carbocycles. The second-order valence-corrected chi connectivity index (χ2v) is 13.2. The summed E-state index contributed by atoms with van der Waals surface area (Å²) in [6, 6.07) is 32.1. The Balaban J connectivity index is 1.18. The van der Waals surface area contributed by atoms with Crippen LogP contribution < -0.4 is 9.91 Å². The van der Waals surface area contributed by atoms with Gasteiger partial charge in [0.05, 0.1) is 36.3 Å². The summed E-state index contributed by atoms with van der Waals surface area (Å²) in [5, 5.41) is 28.6. The second kappa shape index (κ2) is 13.9. The standard InChI is InChI=1S/C41H40N4O5/c1-28(11-10-18-38(47)43-26-32-17-9-8-16-31(32)23-34(43)27-46)41(50)35-24-33(45-39(48)22-20-36(42-45)30-14-6-3-7-15-30)19-21-37(35)44(40(41)49)25-29-12-4-2-5-13-29/h2-17,19,21,24,28,34,46,50H,18,20,22-23,25-27H2,1H3/b11-10+/t28-,34+,41+/m1/s1. The van der Waals surface area contributed by atoms with E-state index in [0.717, 1.165) is 28.0 Å². The highest BCUT2D eigenvalue weighted by atomic mass is 16.3. The van der Waals surface area contributed by atoms with Crippen LogP contribution in [0.3, 0.4) is 0 Å². The summed E-state index contributed by atoms with van der Waals surface area (Å²) >= 11 is 0. The van der Waals surface area contributed by atoms with Gasteiger partial charge in [0.15, 0.2) is 5.60 Å². The molecule has 0 spiro atoms. The van der Waals surface area contributed by atoms with E-state index in [1.165, 1.54) is 5.01 Å². The molecule has 0 saturated carbocycles. The molecule has 2 N–H and O–H groups in total. The van der Waals surface area contributed by atoms with Crippen molar-refractivity contribution >= 4 is 34.8 Å². The minimum atomic E-state index is -1.97. The average Bonchev–Trinajstić information content (AvgIpc) is 3.37. The molecule has 4 aromatic rings. The number of hydrogen-bond acceptors (Lipinski definition) is 6. The lowest BCUT2D eigenvalue weighted by Crippen LogP contribution is -2.46. The first-order valence-corrected chi connectivity index (χ1v) is 17.1. The van der Waals surface area contributed by atoms with Crippen LogP contribution in [0.25, 0.3) is 0 Å². The van der Waals surface area contributed by atoms with Gasteiger partial charge in [0.25, 0.3) is 5.91 Å².